The van der Waals surface area contributed by atoms with Crippen LogP contribution in [-0.2, 0) is 12.8 Å². The number of nitrogens with zero attached hydrogens (tertiary/aromatic N) is 1. The van der Waals surface area contributed by atoms with Crippen molar-refractivity contribution in [3.63, 3.8) is 0 Å². The maximum absolute atomic E-state index is 6.40. The Bertz CT molecular complexity index is 1140. The summed E-state index contributed by atoms with van der Waals surface area (Å²) in [5, 5.41) is 6.05. The lowest BCUT2D eigenvalue weighted by Crippen LogP contribution is -2.24. The first-order valence-electron chi connectivity index (χ1n) is 10.0. The summed E-state index contributed by atoms with van der Waals surface area (Å²) < 4.78 is 0. The molecule has 3 heteroatoms. The zero-order valence-corrected chi connectivity index (χ0v) is 16.2. The monoisotopic (exact) mass is 377 g/mol. The number of aryl methyl sites for hydroxylation is 2. The molecule has 5 rings (SSSR count). The molecule has 0 atom stereocenters. The summed E-state index contributed by atoms with van der Waals surface area (Å²) in [6, 6.07) is 31.2. The number of nitrogens with one attached hydrogen (secondary N) is 1. The molecule has 4 aromatic rings. The van der Waals surface area contributed by atoms with Crippen molar-refractivity contribution in [1.29, 1.82) is 0 Å². The number of benzene rings is 4. The molecule has 0 fully saturated rings. The van der Waals surface area contributed by atoms with Gasteiger partial charge in [-0.05, 0) is 51.9 Å². The molecule has 0 unspecified atom stereocenters. The molecule has 29 heavy (non-hydrogen) atoms. The van der Waals surface area contributed by atoms with Crippen LogP contribution in [0.25, 0.3) is 10.8 Å². The molecule has 0 aliphatic heterocycles. The Balaban J connectivity index is 1.51. The lowest BCUT2D eigenvalue weighted by Gasteiger charge is -2.16. The number of rotatable bonds is 4. The molecule has 0 amide bonds. The van der Waals surface area contributed by atoms with Crippen molar-refractivity contribution in [2.45, 2.75) is 18.9 Å². The first-order chi connectivity index (χ1) is 14.3. The second kappa shape index (κ2) is 7.44. The number of aliphatic imine (C=N–C) groups is 1. The number of hydrogen-bond donors (Lipinski definition) is 2. The number of guanidine groups is 1. The van der Waals surface area contributed by atoms with E-state index in [9.17, 15) is 0 Å². The molecule has 0 heterocycles. The Labute approximate surface area is 170 Å². The largest absolute Gasteiger partial charge is 0.370 e. The lowest BCUT2D eigenvalue weighted by atomic mass is 9.99. The minimum atomic E-state index is -0.144. The van der Waals surface area contributed by atoms with Crippen molar-refractivity contribution in [3.05, 3.63) is 113 Å². The van der Waals surface area contributed by atoms with Crippen LogP contribution in [-0.4, -0.2) is 5.96 Å². The van der Waals surface area contributed by atoms with Crippen LogP contribution in [0.1, 0.15) is 28.3 Å². The van der Waals surface area contributed by atoms with Crippen LogP contribution in [0.3, 0.4) is 0 Å². The van der Waals surface area contributed by atoms with E-state index in [-0.39, 0.29) is 6.04 Å². The summed E-state index contributed by atoms with van der Waals surface area (Å²) in [5.41, 5.74) is 12.5. The van der Waals surface area contributed by atoms with E-state index in [0.717, 1.165) is 29.7 Å². The molecule has 0 spiro atoms. The zero-order valence-electron chi connectivity index (χ0n) is 16.2. The molecule has 4 aromatic carbocycles. The first-order valence-corrected chi connectivity index (χ1v) is 10.0. The molecule has 3 N–H and O–H groups in total. The Kier molecular flexibility index (Phi) is 4.49. The Morgan fingerprint density at radius 1 is 0.759 bits per heavy atom. The Morgan fingerprint density at radius 2 is 1.45 bits per heavy atom. The van der Waals surface area contributed by atoms with Gasteiger partial charge < -0.3 is 11.1 Å². The molecular formula is C26H23N3. The highest BCUT2D eigenvalue weighted by Gasteiger charge is 2.18. The smallest absolute Gasteiger partial charge is 0.194 e. The van der Waals surface area contributed by atoms with Crippen LogP contribution in [0.15, 0.2) is 96.0 Å². The molecule has 0 bridgehead atoms. The molecular weight excluding hydrogens is 354 g/mol. The van der Waals surface area contributed by atoms with Crippen LogP contribution in [0, 0.1) is 0 Å². The highest BCUT2D eigenvalue weighted by Crippen LogP contribution is 2.35. The van der Waals surface area contributed by atoms with E-state index in [1.165, 1.54) is 21.9 Å². The predicted octanol–water partition coefficient (Wildman–Crippen LogP) is 5.45. The molecule has 0 radical (unpaired) electrons. The van der Waals surface area contributed by atoms with Gasteiger partial charge in [0.1, 0.15) is 6.04 Å². The summed E-state index contributed by atoms with van der Waals surface area (Å²) >= 11 is 0. The average molecular weight is 377 g/mol. The fourth-order valence-electron chi connectivity index (χ4n) is 4.30. The number of anilines is 1. The molecule has 1 aliphatic carbocycles. The zero-order chi connectivity index (χ0) is 19.6. The second-order valence-electron chi connectivity index (χ2n) is 7.47. The molecule has 0 saturated carbocycles. The fourth-order valence-corrected chi connectivity index (χ4v) is 4.30. The van der Waals surface area contributed by atoms with Crippen LogP contribution in [0.2, 0.25) is 0 Å². The van der Waals surface area contributed by atoms with Gasteiger partial charge in [0.25, 0.3) is 0 Å². The van der Waals surface area contributed by atoms with Gasteiger partial charge in [-0.15, -0.1) is 0 Å². The summed E-state index contributed by atoms with van der Waals surface area (Å²) in [6.07, 6.45) is 2.12. The van der Waals surface area contributed by atoms with Gasteiger partial charge in [-0.2, -0.15) is 0 Å². The van der Waals surface area contributed by atoms with Gasteiger partial charge in [-0.25, -0.2) is 4.99 Å². The standard InChI is InChI=1S/C26H23N3/c27-26(28-23-17-15-19-13-7-12-18-14-16-22(23)24(18)19)29-25(20-8-3-1-4-9-20)21-10-5-2-6-11-21/h1-13,15,17,25H,14,16H2,(H3,27,28,29). The van der Waals surface area contributed by atoms with Crippen LogP contribution >= 0.6 is 0 Å². The number of nitrogens with two attached hydrogens (primary N) is 1. The topological polar surface area (TPSA) is 50.4 Å². The maximum atomic E-state index is 6.40. The SMILES string of the molecule is NC(=NC(c1ccccc1)c1ccccc1)Nc1ccc2cccc3c2c1CC3. The minimum Gasteiger partial charge on any atom is -0.370 e. The van der Waals surface area contributed by atoms with E-state index in [1.807, 2.05) is 36.4 Å². The molecule has 142 valence electrons. The summed E-state index contributed by atoms with van der Waals surface area (Å²) in [5.74, 6) is 0.433. The fraction of sp³-hybridized carbons (Fsp3) is 0.115. The van der Waals surface area contributed by atoms with Gasteiger partial charge in [-0.1, -0.05) is 84.9 Å². The van der Waals surface area contributed by atoms with E-state index < -0.39 is 0 Å². The number of hydrogen-bond acceptors (Lipinski definition) is 1. The summed E-state index contributed by atoms with van der Waals surface area (Å²) in [6.45, 7) is 0. The summed E-state index contributed by atoms with van der Waals surface area (Å²) in [4.78, 5) is 4.87. The van der Waals surface area contributed by atoms with Crippen molar-refractivity contribution >= 4 is 22.4 Å². The third kappa shape index (κ3) is 3.36. The van der Waals surface area contributed by atoms with Crippen molar-refractivity contribution in [1.82, 2.24) is 0 Å². The van der Waals surface area contributed by atoms with Crippen molar-refractivity contribution in [2.24, 2.45) is 10.7 Å². The molecule has 0 aromatic heterocycles. The molecule has 1 aliphatic rings. The highest BCUT2D eigenvalue weighted by molar-refractivity contribution is 6.00. The Morgan fingerprint density at radius 3 is 2.14 bits per heavy atom. The van der Waals surface area contributed by atoms with E-state index in [0.29, 0.717) is 5.96 Å². The van der Waals surface area contributed by atoms with Gasteiger partial charge in [0, 0.05) is 5.69 Å². The van der Waals surface area contributed by atoms with Crippen LogP contribution < -0.4 is 11.1 Å². The van der Waals surface area contributed by atoms with E-state index in [2.05, 4.69) is 59.9 Å². The van der Waals surface area contributed by atoms with Gasteiger partial charge in [-0.3, -0.25) is 0 Å². The van der Waals surface area contributed by atoms with Gasteiger partial charge >= 0.3 is 0 Å². The molecule has 0 saturated heterocycles. The first kappa shape index (κ1) is 17.5. The predicted molar refractivity (Wildman–Crippen MR) is 121 cm³/mol. The van der Waals surface area contributed by atoms with E-state index in [1.54, 1.807) is 0 Å². The maximum Gasteiger partial charge on any atom is 0.194 e. The third-order valence-electron chi connectivity index (χ3n) is 5.65. The third-order valence-corrected chi connectivity index (χ3v) is 5.65. The summed E-state index contributed by atoms with van der Waals surface area (Å²) in [7, 11) is 0. The molecule has 3 nitrogen and oxygen atoms in total. The second-order valence-corrected chi connectivity index (χ2v) is 7.47. The quantitative estimate of drug-likeness (QED) is 0.367. The van der Waals surface area contributed by atoms with Gasteiger partial charge in [0.15, 0.2) is 5.96 Å². The van der Waals surface area contributed by atoms with Crippen molar-refractivity contribution in [2.75, 3.05) is 5.32 Å². The lowest BCUT2D eigenvalue weighted by molar-refractivity contribution is 0.869. The average Bonchev–Trinajstić information content (AvgIpc) is 3.21. The minimum absolute atomic E-state index is 0.144. The van der Waals surface area contributed by atoms with Crippen molar-refractivity contribution < 1.29 is 0 Å². The van der Waals surface area contributed by atoms with E-state index >= 15 is 0 Å². The van der Waals surface area contributed by atoms with Gasteiger partial charge in [0.2, 0.25) is 0 Å². The van der Waals surface area contributed by atoms with E-state index in [4.69, 9.17) is 10.7 Å². The normalized spacial score (nSPS) is 13.2. The Hall–Kier alpha value is -3.59. The highest BCUT2D eigenvalue weighted by atomic mass is 15.1. The van der Waals surface area contributed by atoms with Gasteiger partial charge in [0.05, 0.1) is 0 Å². The van der Waals surface area contributed by atoms with Crippen LogP contribution in [0.5, 0.6) is 0 Å². The van der Waals surface area contributed by atoms with Crippen LogP contribution in [0.4, 0.5) is 5.69 Å². The van der Waals surface area contributed by atoms with Crippen molar-refractivity contribution in [3.8, 4) is 0 Å².